The van der Waals surface area contributed by atoms with Gasteiger partial charge in [-0.2, -0.15) is 0 Å². The standard InChI is InChI=1S/C21H34N2O3/c1-17(26-20-15-13-19(24)14-16-20)22-21(25)23-18-11-9-7-5-3-2-4-6-8-10-12-18/h13-18,24H,2-12H2,1H3,(H2,22,23,25). The number of phenols is 1. The third-order valence-corrected chi connectivity index (χ3v) is 4.92. The largest absolute Gasteiger partial charge is 0.508 e. The van der Waals surface area contributed by atoms with Crippen LogP contribution >= 0.6 is 0 Å². The van der Waals surface area contributed by atoms with E-state index in [1.807, 2.05) is 0 Å². The number of urea groups is 1. The molecule has 0 aromatic heterocycles. The van der Waals surface area contributed by atoms with Gasteiger partial charge in [0.05, 0.1) is 0 Å². The number of carbonyl (C=O) groups is 1. The minimum Gasteiger partial charge on any atom is -0.508 e. The summed E-state index contributed by atoms with van der Waals surface area (Å²) in [6.07, 6.45) is 13.3. The molecule has 1 saturated carbocycles. The lowest BCUT2D eigenvalue weighted by Crippen LogP contribution is -2.47. The number of hydrogen-bond donors (Lipinski definition) is 3. The normalized spacial score (nSPS) is 18.8. The molecule has 5 heteroatoms. The van der Waals surface area contributed by atoms with E-state index in [9.17, 15) is 9.90 Å². The second-order valence-electron chi connectivity index (χ2n) is 7.33. The van der Waals surface area contributed by atoms with Gasteiger partial charge in [-0.3, -0.25) is 0 Å². The van der Waals surface area contributed by atoms with Gasteiger partial charge >= 0.3 is 6.03 Å². The fraction of sp³-hybridized carbons (Fsp3) is 0.667. The molecule has 1 aromatic rings. The van der Waals surface area contributed by atoms with E-state index in [1.54, 1.807) is 31.2 Å². The first kappa shape index (κ1) is 20.4. The molecule has 2 amide bonds. The van der Waals surface area contributed by atoms with Crippen LogP contribution in [-0.2, 0) is 0 Å². The molecule has 1 aliphatic rings. The fourth-order valence-corrected chi connectivity index (χ4v) is 3.48. The van der Waals surface area contributed by atoms with E-state index in [4.69, 9.17) is 4.74 Å². The van der Waals surface area contributed by atoms with Crippen molar-refractivity contribution in [3.8, 4) is 11.5 Å². The van der Waals surface area contributed by atoms with Gasteiger partial charge in [-0.05, 0) is 44.0 Å². The van der Waals surface area contributed by atoms with Crippen molar-refractivity contribution in [1.29, 1.82) is 0 Å². The second-order valence-corrected chi connectivity index (χ2v) is 7.33. The van der Waals surface area contributed by atoms with Crippen molar-refractivity contribution in [3.05, 3.63) is 24.3 Å². The number of benzene rings is 1. The van der Waals surface area contributed by atoms with E-state index < -0.39 is 6.23 Å². The molecule has 2 rings (SSSR count). The Hall–Kier alpha value is -1.91. The van der Waals surface area contributed by atoms with Crippen LogP contribution in [0.15, 0.2) is 24.3 Å². The van der Waals surface area contributed by atoms with Gasteiger partial charge in [-0.1, -0.05) is 57.8 Å². The topological polar surface area (TPSA) is 70.6 Å². The number of carbonyl (C=O) groups excluding carboxylic acids is 1. The summed E-state index contributed by atoms with van der Waals surface area (Å²) in [4.78, 5) is 12.3. The summed E-state index contributed by atoms with van der Waals surface area (Å²) in [6.45, 7) is 1.80. The van der Waals surface area contributed by atoms with Gasteiger partial charge < -0.3 is 20.5 Å². The lowest BCUT2D eigenvalue weighted by atomic mass is 9.98. The SMILES string of the molecule is CC(NC(=O)NC1CCCCCCCCCCC1)Oc1ccc(O)cc1. The predicted octanol–water partition coefficient (Wildman–Crippen LogP) is 5.09. The molecule has 26 heavy (non-hydrogen) atoms. The quantitative estimate of drug-likeness (QED) is 0.653. The maximum Gasteiger partial charge on any atom is 0.317 e. The minimum atomic E-state index is -0.439. The van der Waals surface area contributed by atoms with Crippen molar-refractivity contribution in [3.63, 3.8) is 0 Å². The summed E-state index contributed by atoms with van der Waals surface area (Å²) in [5.41, 5.74) is 0. The average molecular weight is 363 g/mol. The number of amides is 2. The Bertz CT molecular complexity index is 506. The third-order valence-electron chi connectivity index (χ3n) is 4.92. The highest BCUT2D eigenvalue weighted by molar-refractivity contribution is 5.74. The van der Waals surface area contributed by atoms with Crippen molar-refractivity contribution in [2.45, 2.75) is 89.8 Å². The van der Waals surface area contributed by atoms with E-state index in [-0.39, 0.29) is 17.8 Å². The molecule has 0 radical (unpaired) electrons. The molecule has 1 fully saturated rings. The van der Waals surface area contributed by atoms with Crippen LogP contribution in [0.3, 0.4) is 0 Å². The zero-order valence-corrected chi connectivity index (χ0v) is 16.0. The second kappa shape index (κ2) is 11.7. The molecule has 1 unspecified atom stereocenters. The predicted molar refractivity (Wildman–Crippen MR) is 104 cm³/mol. The van der Waals surface area contributed by atoms with Crippen LogP contribution in [0, 0.1) is 0 Å². The maximum absolute atomic E-state index is 12.3. The number of nitrogens with one attached hydrogen (secondary N) is 2. The monoisotopic (exact) mass is 362 g/mol. The molecule has 1 atom stereocenters. The van der Waals surface area contributed by atoms with E-state index in [1.165, 1.54) is 57.8 Å². The molecule has 0 aliphatic heterocycles. The van der Waals surface area contributed by atoms with Crippen LogP contribution in [0.2, 0.25) is 0 Å². The average Bonchev–Trinajstić information content (AvgIpc) is 2.59. The Morgan fingerprint density at radius 1 is 0.962 bits per heavy atom. The molecule has 1 aliphatic carbocycles. The molecule has 0 heterocycles. The molecule has 0 bridgehead atoms. The van der Waals surface area contributed by atoms with Crippen LogP contribution < -0.4 is 15.4 Å². The molecular weight excluding hydrogens is 328 g/mol. The van der Waals surface area contributed by atoms with E-state index >= 15 is 0 Å². The smallest absolute Gasteiger partial charge is 0.317 e. The lowest BCUT2D eigenvalue weighted by Gasteiger charge is -2.22. The Labute approximate surface area is 157 Å². The number of rotatable bonds is 4. The summed E-state index contributed by atoms with van der Waals surface area (Å²) < 4.78 is 5.66. The molecule has 5 nitrogen and oxygen atoms in total. The summed E-state index contributed by atoms with van der Waals surface area (Å²) in [6, 6.07) is 6.56. The maximum atomic E-state index is 12.3. The molecule has 0 saturated heterocycles. The fourth-order valence-electron chi connectivity index (χ4n) is 3.48. The summed E-state index contributed by atoms with van der Waals surface area (Å²) in [7, 11) is 0. The summed E-state index contributed by atoms with van der Waals surface area (Å²) >= 11 is 0. The van der Waals surface area contributed by atoms with Crippen LogP contribution in [-0.4, -0.2) is 23.4 Å². The van der Waals surface area contributed by atoms with Gasteiger partial charge in [0.1, 0.15) is 11.5 Å². The van der Waals surface area contributed by atoms with E-state index in [2.05, 4.69) is 10.6 Å². The highest BCUT2D eigenvalue weighted by Crippen LogP contribution is 2.18. The first-order valence-electron chi connectivity index (χ1n) is 10.2. The Morgan fingerprint density at radius 2 is 1.46 bits per heavy atom. The zero-order valence-electron chi connectivity index (χ0n) is 16.0. The number of phenolic OH excluding ortho intramolecular Hbond substituents is 1. The van der Waals surface area contributed by atoms with Gasteiger partial charge in [0.2, 0.25) is 0 Å². The van der Waals surface area contributed by atoms with Crippen LogP contribution in [0.1, 0.15) is 77.6 Å². The number of ether oxygens (including phenoxy) is 1. The van der Waals surface area contributed by atoms with Crippen molar-refractivity contribution >= 4 is 6.03 Å². The van der Waals surface area contributed by atoms with Gasteiger partial charge in [-0.15, -0.1) is 0 Å². The highest BCUT2D eigenvalue weighted by atomic mass is 16.5. The van der Waals surface area contributed by atoms with Gasteiger partial charge in [-0.25, -0.2) is 4.79 Å². The van der Waals surface area contributed by atoms with Crippen LogP contribution in [0.4, 0.5) is 4.79 Å². The highest BCUT2D eigenvalue weighted by Gasteiger charge is 2.15. The van der Waals surface area contributed by atoms with Crippen molar-refractivity contribution in [1.82, 2.24) is 10.6 Å². The Balaban J connectivity index is 1.74. The first-order valence-corrected chi connectivity index (χ1v) is 10.2. The van der Waals surface area contributed by atoms with Crippen LogP contribution in [0.5, 0.6) is 11.5 Å². The number of aromatic hydroxyl groups is 1. The lowest BCUT2D eigenvalue weighted by molar-refractivity contribution is 0.174. The third kappa shape index (κ3) is 8.45. The molecule has 0 spiro atoms. The molecule has 146 valence electrons. The van der Waals surface area contributed by atoms with Crippen LogP contribution in [0.25, 0.3) is 0 Å². The Kier molecular flexibility index (Phi) is 9.15. The summed E-state index contributed by atoms with van der Waals surface area (Å²) in [5, 5.41) is 15.3. The number of hydrogen-bond acceptors (Lipinski definition) is 3. The Morgan fingerprint density at radius 3 is 2.00 bits per heavy atom. The molecule has 1 aromatic carbocycles. The van der Waals surface area contributed by atoms with Crippen molar-refractivity contribution < 1.29 is 14.6 Å². The molecular formula is C21H34N2O3. The molecule has 3 N–H and O–H groups in total. The minimum absolute atomic E-state index is 0.173. The van der Waals surface area contributed by atoms with Gasteiger partial charge in [0.25, 0.3) is 0 Å². The van der Waals surface area contributed by atoms with Crippen molar-refractivity contribution in [2.75, 3.05) is 0 Å². The van der Waals surface area contributed by atoms with Crippen molar-refractivity contribution in [2.24, 2.45) is 0 Å². The van der Waals surface area contributed by atoms with Gasteiger partial charge in [0.15, 0.2) is 6.23 Å². The summed E-state index contributed by atoms with van der Waals surface area (Å²) in [5.74, 6) is 0.805. The van der Waals surface area contributed by atoms with E-state index in [0.29, 0.717) is 5.75 Å². The van der Waals surface area contributed by atoms with Gasteiger partial charge in [0, 0.05) is 6.04 Å². The zero-order chi connectivity index (χ0) is 18.6. The first-order chi connectivity index (χ1) is 12.6. The van der Waals surface area contributed by atoms with E-state index in [0.717, 1.165) is 12.8 Å².